The van der Waals surface area contributed by atoms with Crippen LogP contribution in [0.1, 0.15) is 96.1 Å². The zero-order valence-corrected chi connectivity index (χ0v) is 36.8. The number of allylic oxidation sites excluding steroid dienone is 6. The Kier molecular flexibility index (Phi) is 12.5. The van der Waals surface area contributed by atoms with Crippen molar-refractivity contribution in [3.8, 4) is 5.75 Å². The van der Waals surface area contributed by atoms with Crippen molar-refractivity contribution < 1.29 is 54.8 Å². The molecule has 1 saturated heterocycles. The number of carbonyl (C=O) groups is 2. The Bertz CT molecular complexity index is 2240. The van der Waals surface area contributed by atoms with Crippen LogP contribution in [0.2, 0.25) is 0 Å². The van der Waals surface area contributed by atoms with Crippen LogP contribution in [0.5, 0.6) is 5.75 Å². The predicted octanol–water partition coefficient (Wildman–Crippen LogP) is 4.91. The smallest absolute Gasteiger partial charge is 0.229 e. The van der Waals surface area contributed by atoms with Gasteiger partial charge in [0, 0.05) is 24.0 Å². The topological polar surface area (TPSA) is 218 Å². The van der Waals surface area contributed by atoms with Crippen LogP contribution >= 0.6 is 21.6 Å². The number of hydrogen-bond donors (Lipinski definition) is 9. The van der Waals surface area contributed by atoms with Gasteiger partial charge in [-0.3, -0.25) is 9.59 Å². The molecular weight excluding hydrogens is 845 g/mol. The number of ether oxygens (including phenoxy) is 2. The van der Waals surface area contributed by atoms with Crippen LogP contribution in [0.15, 0.2) is 89.5 Å². The summed E-state index contributed by atoms with van der Waals surface area (Å²) in [7, 11) is 2.80. The number of Topliss-reactive ketones (excluding diaryl/α,β-unsaturated/α-hetero) is 2. The molecular formula is C48H58N2O11S2. The number of nitrogens with one attached hydrogen (secondary N) is 2. The van der Waals surface area contributed by atoms with E-state index in [0.717, 1.165) is 55.5 Å². The molecule has 2 aromatic rings. The molecule has 4 aliphatic carbocycles. The highest BCUT2D eigenvalue weighted by atomic mass is 33.1. The Morgan fingerprint density at radius 3 is 2.48 bits per heavy atom. The Morgan fingerprint density at radius 1 is 0.905 bits per heavy atom. The van der Waals surface area contributed by atoms with E-state index in [1.165, 1.54) is 33.7 Å². The minimum absolute atomic E-state index is 0.0455. The van der Waals surface area contributed by atoms with Crippen molar-refractivity contribution in [1.29, 1.82) is 0 Å². The third kappa shape index (κ3) is 7.68. The number of rotatable bonds is 7. The number of aliphatic hydroxyl groups excluding tert-OH is 6. The van der Waals surface area contributed by atoms with E-state index >= 15 is 9.59 Å². The third-order valence-corrected chi connectivity index (χ3v) is 17.7. The lowest BCUT2D eigenvalue weighted by molar-refractivity contribution is -0.319. The molecule has 6 bridgehead atoms. The van der Waals surface area contributed by atoms with E-state index < -0.39 is 70.4 Å². The number of benzene rings is 2. The van der Waals surface area contributed by atoms with Gasteiger partial charge in [0.1, 0.15) is 40.8 Å². The molecule has 3 aliphatic heterocycles. The van der Waals surface area contributed by atoms with Crippen molar-refractivity contribution in [3.63, 3.8) is 0 Å². The van der Waals surface area contributed by atoms with Gasteiger partial charge in [-0.25, -0.2) is 0 Å². The van der Waals surface area contributed by atoms with Crippen LogP contribution in [-0.2, 0) is 17.8 Å². The van der Waals surface area contributed by atoms with Gasteiger partial charge in [-0.2, -0.15) is 0 Å². The zero-order chi connectivity index (χ0) is 44.1. The molecule has 9 atom stereocenters. The highest BCUT2D eigenvalue weighted by molar-refractivity contribution is 8.76. The van der Waals surface area contributed by atoms with Crippen molar-refractivity contribution in [2.24, 2.45) is 22.2 Å². The fourth-order valence-electron chi connectivity index (χ4n) is 12.0. The lowest BCUT2D eigenvalue weighted by Crippen LogP contribution is -2.69. The van der Waals surface area contributed by atoms with Gasteiger partial charge in [0.2, 0.25) is 6.29 Å². The highest BCUT2D eigenvalue weighted by Gasteiger charge is 2.64. The summed E-state index contributed by atoms with van der Waals surface area (Å²) in [6, 6.07) is 11.9. The molecule has 3 spiro atoms. The largest absolute Gasteiger partial charge is 0.511 e. The molecule has 3 heterocycles. The van der Waals surface area contributed by atoms with Gasteiger partial charge in [-0.15, -0.1) is 0 Å². The molecule has 9 unspecified atom stereocenters. The van der Waals surface area contributed by atoms with E-state index in [0.29, 0.717) is 36.4 Å². The van der Waals surface area contributed by atoms with E-state index in [-0.39, 0.29) is 60.5 Å². The highest BCUT2D eigenvalue weighted by Crippen LogP contribution is 2.64. The Morgan fingerprint density at radius 2 is 1.70 bits per heavy atom. The summed E-state index contributed by atoms with van der Waals surface area (Å²) in [5, 5.41) is 86.2. The summed E-state index contributed by atoms with van der Waals surface area (Å²) in [5.41, 5.74) is -1.62. The Labute approximate surface area is 375 Å². The Balaban J connectivity index is 1.17. The second-order valence-electron chi connectivity index (χ2n) is 18.7. The summed E-state index contributed by atoms with van der Waals surface area (Å²) >= 11 is 0. The minimum atomic E-state index is -2.25. The number of fused-ring (bicyclic) bond motifs is 4. The summed E-state index contributed by atoms with van der Waals surface area (Å²) < 4.78 is 12.5. The number of aliphatic hydroxyl groups is 7. The lowest BCUT2D eigenvalue weighted by Gasteiger charge is -2.51. The number of carbonyl (C=O) groups excluding carboxylic acids is 2. The summed E-state index contributed by atoms with van der Waals surface area (Å²) in [6.07, 6.45) is 8.36. The fourth-order valence-corrected chi connectivity index (χ4v) is 14.9. The van der Waals surface area contributed by atoms with Crippen LogP contribution in [-0.4, -0.2) is 108 Å². The average Bonchev–Trinajstić information content (AvgIpc) is 3.91. The summed E-state index contributed by atoms with van der Waals surface area (Å²) in [5.74, 6) is -1.50. The average molecular weight is 903 g/mol. The van der Waals surface area contributed by atoms with Crippen LogP contribution in [0.4, 0.5) is 0 Å². The van der Waals surface area contributed by atoms with Crippen LogP contribution in [0.25, 0.3) is 0 Å². The third-order valence-electron chi connectivity index (χ3n) is 15.0. The molecule has 15 heteroatoms. The molecule has 2 saturated carbocycles. The van der Waals surface area contributed by atoms with Crippen molar-refractivity contribution >= 4 is 33.2 Å². The molecule has 63 heavy (non-hydrogen) atoms. The SMILES string of the molecule is O=C1c2cccc3c2C(=O)C2(C(O)=CC(Cc4cccc(CO)c4)=CC12)C(CCCO)SSCNC1=CC(=CCN1)C1(CCC2(CCCC2)C1)CC1(O)C(O)C(CO)OC(O3)C1O. The maximum absolute atomic E-state index is 15.7. The molecule has 338 valence electrons. The van der Waals surface area contributed by atoms with Gasteiger partial charge in [-0.1, -0.05) is 83.0 Å². The van der Waals surface area contributed by atoms with Crippen LogP contribution in [0, 0.1) is 22.2 Å². The first-order valence-corrected chi connectivity index (χ1v) is 24.6. The Hall–Kier alpha value is -3.64. The maximum atomic E-state index is 15.7. The van der Waals surface area contributed by atoms with Gasteiger partial charge in [0.25, 0.3) is 0 Å². The molecule has 13 nitrogen and oxygen atoms in total. The van der Waals surface area contributed by atoms with Gasteiger partial charge in [0.15, 0.2) is 11.6 Å². The molecule has 0 radical (unpaired) electrons. The van der Waals surface area contributed by atoms with E-state index in [1.807, 2.05) is 24.3 Å². The van der Waals surface area contributed by atoms with E-state index in [4.69, 9.17) is 9.47 Å². The molecule has 7 aliphatic rings. The molecule has 0 amide bonds. The fraction of sp³-hybridized carbons (Fsp3) is 0.542. The first kappa shape index (κ1) is 44.6. The number of ketones is 2. The van der Waals surface area contributed by atoms with Crippen molar-refractivity contribution in [2.45, 2.75) is 113 Å². The number of hydrogen-bond acceptors (Lipinski definition) is 15. The van der Waals surface area contributed by atoms with Gasteiger partial charge >= 0.3 is 0 Å². The molecule has 0 aromatic heterocycles. The van der Waals surface area contributed by atoms with E-state index in [2.05, 4.69) is 16.7 Å². The monoisotopic (exact) mass is 902 g/mol. The molecule has 9 N–H and O–H groups in total. The maximum Gasteiger partial charge on any atom is 0.229 e. The van der Waals surface area contributed by atoms with E-state index in [1.54, 1.807) is 24.3 Å². The van der Waals surface area contributed by atoms with E-state index in [9.17, 15) is 35.7 Å². The van der Waals surface area contributed by atoms with Crippen molar-refractivity contribution in [2.75, 3.05) is 25.6 Å². The second-order valence-corrected chi connectivity index (χ2v) is 21.3. The van der Waals surface area contributed by atoms with Crippen LogP contribution < -0.4 is 15.4 Å². The summed E-state index contributed by atoms with van der Waals surface area (Å²) in [6.45, 7) is -0.551. The lowest BCUT2D eigenvalue weighted by atomic mass is 9.57. The standard InChI is InChI=1S/C48H58N2O11S2/c51-17-5-10-37-48-33(20-30(21-36(48)54)19-28-6-3-7-29(18-28)23-52)40(55)32-8-4-9-34(39(32)42(48)57)60-44-43(58)47(59,41(56)35(24-53)61-44)26-46(15-14-45(25-46)12-1-2-13-45)31-11-16-49-38(22-31)50-27-62-63-37/h3-4,6-9,11,18,20-22,33,35,37,41,43-44,49-54,56,58-59H,1-2,5,10,12-17,19,23-27H2. The van der Waals surface area contributed by atoms with Crippen molar-refractivity contribution in [3.05, 3.63) is 112 Å². The number of dihydropyridines is 1. The first-order valence-electron chi connectivity index (χ1n) is 22.2. The van der Waals surface area contributed by atoms with Gasteiger partial charge in [0.05, 0.1) is 36.4 Å². The summed E-state index contributed by atoms with van der Waals surface area (Å²) in [4.78, 5) is 30.8. The van der Waals surface area contributed by atoms with Gasteiger partial charge < -0.3 is 55.9 Å². The minimum Gasteiger partial charge on any atom is -0.511 e. The molecule has 9 rings (SSSR count). The first-order chi connectivity index (χ1) is 30.4. The molecule has 3 fully saturated rings. The second kappa shape index (κ2) is 17.6. The van der Waals surface area contributed by atoms with Gasteiger partial charge in [-0.05, 0) is 109 Å². The predicted molar refractivity (Wildman–Crippen MR) is 238 cm³/mol. The molecule has 2 aromatic carbocycles. The quantitative estimate of drug-likeness (QED) is 0.169. The van der Waals surface area contributed by atoms with Crippen molar-refractivity contribution in [1.82, 2.24) is 10.6 Å². The van der Waals surface area contributed by atoms with Crippen LogP contribution in [0.3, 0.4) is 0 Å². The zero-order valence-electron chi connectivity index (χ0n) is 35.2. The normalized spacial score (nSPS) is 35.0.